The van der Waals surface area contributed by atoms with E-state index in [4.69, 9.17) is 11.6 Å². The number of aromatic nitrogens is 5. The Hall–Kier alpha value is -4.70. The highest BCUT2D eigenvalue weighted by atomic mass is 35.5. The van der Waals surface area contributed by atoms with Crippen molar-refractivity contribution in [2.45, 2.75) is 12.7 Å². The number of amides is 1. The number of alkyl halides is 3. The lowest BCUT2D eigenvalue weighted by Crippen LogP contribution is -2.16. The first-order chi connectivity index (χ1) is 18.7. The molecule has 0 unspecified atom stereocenters. The van der Waals surface area contributed by atoms with Crippen LogP contribution in [0.5, 0.6) is 0 Å². The van der Waals surface area contributed by atoms with Crippen molar-refractivity contribution in [2.24, 2.45) is 0 Å². The maximum Gasteiger partial charge on any atom is 0.433 e. The molecule has 3 aromatic heterocycles. The molecule has 6 aromatic rings. The number of rotatable bonds is 5. The van der Waals surface area contributed by atoms with Crippen LogP contribution in [0.2, 0.25) is 5.02 Å². The van der Waals surface area contributed by atoms with Crippen molar-refractivity contribution in [1.29, 1.82) is 0 Å². The number of nitrogens with one attached hydrogen (secondary N) is 1. The second kappa shape index (κ2) is 9.55. The second-order valence-electron chi connectivity index (χ2n) is 8.85. The summed E-state index contributed by atoms with van der Waals surface area (Å²) >= 11 is 6.25. The molecule has 0 fully saturated rings. The van der Waals surface area contributed by atoms with Gasteiger partial charge in [-0.05, 0) is 28.5 Å². The summed E-state index contributed by atoms with van der Waals surface area (Å²) in [6.45, 7) is 0.418. The quantitative estimate of drug-likeness (QED) is 0.260. The number of benzene rings is 3. The van der Waals surface area contributed by atoms with Gasteiger partial charge in [-0.2, -0.15) is 23.4 Å². The Balaban J connectivity index is 1.33. The van der Waals surface area contributed by atoms with Crippen LogP contribution >= 0.6 is 11.6 Å². The molecule has 11 heteroatoms. The van der Waals surface area contributed by atoms with Crippen LogP contribution in [-0.2, 0) is 12.7 Å². The third-order valence-electron chi connectivity index (χ3n) is 6.13. The predicted molar refractivity (Wildman–Crippen MR) is 142 cm³/mol. The summed E-state index contributed by atoms with van der Waals surface area (Å²) in [5.41, 5.74) is 0.138. The van der Waals surface area contributed by atoms with Gasteiger partial charge < -0.3 is 5.32 Å². The van der Waals surface area contributed by atoms with Crippen LogP contribution in [0.15, 0.2) is 91.1 Å². The number of hydrogen-bond donors (Lipinski definition) is 1. The fourth-order valence-corrected chi connectivity index (χ4v) is 4.49. The number of fused-ring (bicyclic) bond motifs is 2. The Kier molecular flexibility index (Phi) is 6.03. The summed E-state index contributed by atoms with van der Waals surface area (Å²) in [7, 11) is 0. The van der Waals surface area contributed by atoms with E-state index in [-0.39, 0.29) is 27.9 Å². The minimum Gasteiger partial charge on any atom is -0.302 e. The normalized spacial score (nSPS) is 11.8. The second-order valence-corrected chi connectivity index (χ2v) is 9.26. The van der Waals surface area contributed by atoms with Gasteiger partial charge in [0.15, 0.2) is 22.9 Å². The summed E-state index contributed by atoms with van der Waals surface area (Å²) in [5.74, 6) is -0.705. The van der Waals surface area contributed by atoms with Crippen LogP contribution in [0.3, 0.4) is 0 Å². The minimum absolute atomic E-state index is 0.0653. The Labute approximate surface area is 224 Å². The molecule has 0 saturated heterocycles. The third-order valence-corrected chi connectivity index (χ3v) is 6.41. The van der Waals surface area contributed by atoms with Gasteiger partial charge in [0.05, 0.1) is 12.2 Å². The first-order valence-corrected chi connectivity index (χ1v) is 12.2. The van der Waals surface area contributed by atoms with Crippen LogP contribution in [-0.4, -0.2) is 30.3 Å². The number of nitrogens with zero attached hydrogens (tertiary/aromatic N) is 5. The fourth-order valence-electron chi connectivity index (χ4n) is 4.29. The van der Waals surface area contributed by atoms with E-state index in [0.717, 1.165) is 22.4 Å². The molecule has 0 atom stereocenters. The van der Waals surface area contributed by atoms with Crippen LogP contribution in [0.4, 0.5) is 19.0 Å². The van der Waals surface area contributed by atoms with Gasteiger partial charge in [0, 0.05) is 17.8 Å². The molecular weight excluding hydrogens is 529 g/mol. The molecule has 7 nitrogen and oxygen atoms in total. The van der Waals surface area contributed by atoms with Gasteiger partial charge in [0.1, 0.15) is 5.02 Å². The van der Waals surface area contributed by atoms with Crippen LogP contribution in [0.1, 0.15) is 21.7 Å². The van der Waals surface area contributed by atoms with Crippen LogP contribution in [0.25, 0.3) is 27.7 Å². The molecule has 0 bridgehead atoms. The van der Waals surface area contributed by atoms with Crippen molar-refractivity contribution >= 4 is 39.7 Å². The van der Waals surface area contributed by atoms with Gasteiger partial charge in [-0.3, -0.25) is 9.48 Å². The van der Waals surface area contributed by atoms with Crippen molar-refractivity contribution in [3.8, 4) is 11.3 Å². The highest BCUT2D eigenvalue weighted by Gasteiger charge is 2.35. The molecule has 0 aliphatic rings. The Bertz CT molecular complexity index is 1850. The highest BCUT2D eigenvalue weighted by Crippen LogP contribution is 2.33. The summed E-state index contributed by atoms with van der Waals surface area (Å²) in [4.78, 5) is 17.3. The molecule has 6 rings (SSSR count). The number of carbonyl (C=O) groups is 1. The predicted octanol–water partition coefficient (Wildman–Crippen LogP) is 6.72. The van der Waals surface area contributed by atoms with E-state index in [1.54, 1.807) is 23.0 Å². The molecule has 0 aliphatic carbocycles. The minimum atomic E-state index is -4.74. The van der Waals surface area contributed by atoms with Gasteiger partial charge in [-0.25, -0.2) is 9.50 Å². The lowest BCUT2D eigenvalue weighted by atomic mass is 10.0. The molecule has 39 heavy (non-hydrogen) atoms. The van der Waals surface area contributed by atoms with E-state index in [1.807, 2.05) is 60.7 Å². The molecule has 0 spiro atoms. The van der Waals surface area contributed by atoms with E-state index < -0.39 is 17.8 Å². The topological polar surface area (TPSA) is 77.1 Å². The molecule has 0 aliphatic heterocycles. The maximum atomic E-state index is 14.0. The third kappa shape index (κ3) is 4.94. The lowest BCUT2D eigenvalue weighted by Gasteiger charge is -2.11. The first kappa shape index (κ1) is 24.6. The molecular formula is C28H18ClF3N6O. The summed E-state index contributed by atoms with van der Waals surface area (Å²) in [6.07, 6.45) is -3.20. The van der Waals surface area contributed by atoms with Crippen molar-refractivity contribution in [2.75, 3.05) is 5.32 Å². The zero-order valence-electron chi connectivity index (χ0n) is 20.0. The van der Waals surface area contributed by atoms with Gasteiger partial charge in [-0.1, -0.05) is 78.3 Å². The van der Waals surface area contributed by atoms with Crippen LogP contribution in [0, 0.1) is 0 Å². The van der Waals surface area contributed by atoms with E-state index in [0.29, 0.717) is 16.6 Å². The zero-order valence-corrected chi connectivity index (χ0v) is 20.8. The number of anilines is 1. The Morgan fingerprint density at radius 3 is 2.41 bits per heavy atom. The molecule has 3 aromatic carbocycles. The van der Waals surface area contributed by atoms with Crippen molar-refractivity contribution in [1.82, 2.24) is 24.4 Å². The monoisotopic (exact) mass is 546 g/mol. The molecule has 1 N–H and O–H groups in total. The van der Waals surface area contributed by atoms with Crippen molar-refractivity contribution in [3.63, 3.8) is 0 Å². The van der Waals surface area contributed by atoms with Crippen LogP contribution < -0.4 is 5.32 Å². The van der Waals surface area contributed by atoms with Gasteiger partial charge in [0.2, 0.25) is 0 Å². The lowest BCUT2D eigenvalue weighted by molar-refractivity contribution is -0.142. The van der Waals surface area contributed by atoms with Gasteiger partial charge in [0.25, 0.3) is 5.91 Å². The van der Waals surface area contributed by atoms with Gasteiger partial charge >= 0.3 is 6.18 Å². The molecule has 0 saturated carbocycles. The number of hydrogen-bond acceptors (Lipinski definition) is 4. The summed E-state index contributed by atoms with van der Waals surface area (Å²) < 4.78 is 44.3. The standard InChI is InChI=1S/C28H18ClF3N6O/c29-21-16-37(15-17-6-2-1-3-7-17)36-26(21)34-27(39)23-14-25-33-22(13-24(28(30,31)32)38(25)35-23)20-11-10-18-8-4-5-9-19(18)12-20/h1-14,16H,15H2,(H,34,36,39). The fraction of sp³-hybridized carbons (Fsp3) is 0.0714. The maximum absolute atomic E-state index is 14.0. The number of carbonyl (C=O) groups excluding carboxylic acids is 1. The van der Waals surface area contributed by atoms with E-state index >= 15 is 0 Å². The molecule has 1 amide bonds. The van der Waals surface area contributed by atoms with Crippen molar-refractivity contribution in [3.05, 3.63) is 113 Å². The summed E-state index contributed by atoms with van der Waals surface area (Å²) in [5, 5.41) is 12.7. The molecule has 3 heterocycles. The highest BCUT2D eigenvalue weighted by molar-refractivity contribution is 6.33. The average molecular weight is 547 g/mol. The Morgan fingerprint density at radius 1 is 0.897 bits per heavy atom. The van der Waals surface area contributed by atoms with E-state index in [9.17, 15) is 18.0 Å². The first-order valence-electron chi connectivity index (χ1n) is 11.8. The zero-order chi connectivity index (χ0) is 27.1. The molecule has 0 radical (unpaired) electrons. The SMILES string of the molecule is O=C(Nc1nn(Cc2ccccc2)cc1Cl)c1cc2nc(-c3ccc4ccccc4c3)cc(C(F)(F)F)n2n1. The van der Waals surface area contributed by atoms with E-state index in [2.05, 4.69) is 20.5 Å². The molecule has 194 valence electrons. The van der Waals surface area contributed by atoms with Crippen molar-refractivity contribution < 1.29 is 18.0 Å². The number of halogens is 4. The summed E-state index contributed by atoms with van der Waals surface area (Å²) in [6, 6.07) is 24.4. The largest absolute Gasteiger partial charge is 0.433 e. The van der Waals surface area contributed by atoms with Gasteiger partial charge in [-0.15, -0.1) is 0 Å². The Morgan fingerprint density at radius 2 is 1.64 bits per heavy atom. The average Bonchev–Trinajstić information content (AvgIpc) is 3.50. The smallest absolute Gasteiger partial charge is 0.302 e. The van der Waals surface area contributed by atoms with E-state index in [1.165, 1.54) is 6.07 Å².